The number of halogens is 1. The number of aryl methyl sites for hydroxylation is 1. The molecule has 0 aromatic heterocycles. The predicted octanol–water partition coefficient (Wildman–Crippen LogP) is 2.55. The number of benzene rings is 1. The molecule has 8 heteroatoms. The molecular weight excluding hydrogens is 336 g/mol. The summed E-state index contributed by atoms with van der Waals surface area (Å²) < 4.78 is 32.7. The number of carbonyl (C=O) groups excluding carboxylic acids is 1. The number of nitrogens with one attached hydrogen (secondary N) is 2. The fourth-order valence-electron chi connectivity index (χ4n) is 1.18. The van der Waals surface area contributed by atoms with Gasteiger partial charge in [0.2, 0.25) is 0 Å². The number of rotatable bonds is 4. The van der Waals surface area contributed by atoms with Gasteiger partial charge in [-0.05, 0) is 38.5 Å². The third-order valence-corrected chi connectivity index (χ3v) is 3.78. The van der Waals surface area contributed by atoms with Gasteiger partial charge in [0.1, 0.15) is 0 Å². The molecule has 0 atom stereocenters. The third kappa shape index (κ3) is 5.48. The monoisotopic (exact) mass is 350 g/mol. The lowest BCUT2D eigenvalue weighted by atomic mass is 10.2. The highest BCUT2D eigenvalue weighted by Crippen LogP contribution is 2.21. The fraction of sp³-hybridized carbons (Fsp3) is 0.364. The summed E-state index contributed by atoms with van der Waals surface area (Å²) >= 11 is 3.29. The molecule has 0 radical (unpaired) electrons. The van der Waals surface area contributed by atoms with Crippen LogP contribution in [-0.4, -0.2) is 20.6 Å². The second-order valence-corrected chi connectivity index (χ2v) is 6.40. The number of anilines is 1. The van der Waals surface area contributed by atoms with Crippen LogP contribution in [0.5, 0.6) is 0 Å². The average Bonchev–Trinajstić information content (AvgIpc) is 2.20. The Hall–Kier alpha value is -1.28. The van der Waals surface area contributed by atoms with Crippen LogP contribution < -0.4 is 9.44 Å². The molecule has 2 N–H and O–H groups in total. The maximum atomic E-state index is 11.6. The second kappa shape index (κ2) is 6.25. The van der Waals surface area contributed by atoms with Gasteiger partial charge in [-0.3, -0.25) is 4.72 Å². The molecule has 0 aliphatic rings. The molecule has 0 saturated carbocycles. The minimum atomic E-state index is -4.00. The van der Waals surface area contributed by atoms with E-state index in [1.165, 1.54) is 0 Å². The smallest absolute Gasteiger partial charge is 0.422 e. The Morgan fingerprint density at radius 3 is 2.53 bits per heavy atom. The molecule has 1 amide bonds. The molecule has 0 saturated heterocycles. The first-order valence-electron chi connectivity index (χ1n) is 5.47. The molecule has 1 aromatic rings. The summed E-state index contributed by atoms with van der Waals surface area (Å²) in [4.78, 5) is 11.2. The summed E-state index contributed by atoms with van der Waals surface area (Å²) in [5, 5.41) is 0. The van der Waals surface area contributed by atoms with Gasteiger partial charge in [0.05, 0.1) is 11.8 Å². The summed E-state index contributed by atoms with van der Waals surface area (Å²) in [6.07, 6.45) is -1.42. The van der Waals surface area contributed by atoms with Gasteiger partial charge >= 0.3 is 16.3 Å². The van der Waals surface area contributed by atoms with Crippen LogP contribution in [0.2, 0.25) is 0 Å². The van der Waals surface area contributed by atoms with Gasteiger partial charge in [-0.15, -0.1) is 0 Å². The van der Waals surface area contributed by atoms with Crippen molar-refractivity contribution in [2.24, 2.45) is 0 Å². The number of amides is 1. The van der Waals surface area contributed by atoms with Gasteiger partial charge in [0.15, 0.2) is 0 Å². The van der Waals surface area contributed by atoms with Gasteiger partial charge in [-0.1, -0.05) is 22.0 Å². The van der Waals surface area contributed by atoms with E-state index < -0.39 is 22.4 Å². The minimum absolute atomic E-state index is 0.335. The molecule has 0 fully saturated rings. The molecule has 0 aliphatic carbocycles. The van der Waals surface area contributed by atoms with E-state index in [9.17, 15) is 13.2 Å². The molecule has 0 spiro atoms. The Kier molecular flexibility index (Phi) is 5.19. The molecule has 19 heavy (non-hydrogen) atoms. The Balaban J connectivity index is 2.74. The molecule has 0 unspecified atom stereocenters. The van der Waals surface area contributed by atoms with E-state index in [2.05, 4.69) is 25.4 Å². The molecule has 0 bridgehead atoms. The zero-order valence-corrected chi connectivity index (χ0v) is 13.1. The van der Waals surface area contributed by atoms with Crippen LogP contribution in [0, 0.1) is 6.92 Å². The highest BCUT2D eigenvalue weighted by molar-refractivity contribution is 9.10. The Morgan fingerprint density at radius 1 is 1.37 bits per heavy atom. The molecule has 1 rings (SSSR count). The third-order valence-electron chi connectivity index (χ3n) is 1.98. The lowest BCUT2D eigenvalue weighted by Crippen LogP contribution is -2.36. The van der Waals surface area contributed by atoms with Crippen molar-refractivity contribution in [1.29, 1.82) is 0 Å². The first-order valence-corrected chi connectivity index (χ1v) is 7.74. The molecule has 0 heterocycles. The molecule has 0 aliphatic heterocycles. The first kappa shape index (κ1) is 15.8. The Labute approximate surface area is 120 Å². The van der Waals surface area contributed by atoms with Crippen LogP contribution in [0.3, 0.4) is 0 Å². The van der Waals surface area contributed by atoms with Crippen molar-refractivity contribution < 1.29 is 17.9 Å². The number of hydrogen-bond donors (Lipinski definition) is 2. The van der Waals surface area contributed by atoms with Crippen LogP contribution in [0.4, 0.5) is 10.5 Å². The normalized spacial score (nSPS) is 11.2. The molecule has 106 valence electrons. The topological polar surface area (TPSA) is 84.5 Å². The van der Waals surface area contributed by atoms with E-state index in [0.717, 1.165) is 10.0 Å². The van der Waals surface area contributed by atoms with Crippen molar-refractivity contribution in [3.8, 4) is 0 Å². The van der Waals surface area contributed by atoms with E-state index in [0.29, 0.717) is 5.69 Å². The molecule has 1 aromatic carbocycles. The van der Waals surface area contributed by atoms with Crippen molar-refractivity contribution in [3.63, 3.8) is 0 Å². The van der Waals surface area contributed by atoms with E-state index in [4.69, 9.17) is 0 Å². The zero-order valence-electron chi connectivity index (χ0n) is 10.7. The van der Waals surface area contributed by atoms with Crippen LogP contribution >= 0.6 is 15.9 Å². The Bertz CT molecular complexity index is 572. The molecular formula is C11H15BrN2O4S. The zero-order chi connectivity index (χ0) is 14.6. The highest BCUT2D eigenvalue weighted by Gasteiger charge is 2.16. The van der Waals surface area contributed by atoms with Crippen molar-refractivity contribution in [1.82, 2.24) is 4.72 Å². The summed E-state index contributed by atoms with van der Waals surface area (Å²) in [6.45, 7) is 5.12. The van der Waals surface area contributed by atoms with Crippen LogP contribution in [-0.2, 0) is 14.9 Å². The van der Waals surface area contributed by atoms with Gasteiger partial charge < -0.3 is 4.74 Å². The van der Waals surface area contributed by atoms with Gasteiger partial charge in [-0.25, -0.2) is 9.52 Å². The SMILES string of the molecule is Cc1ccc(NS(=O)(=O)NC(=O)OC(C)C)cc1Br. The maximum Gasteiger partial charge on any atom is 0.422 e. The van der Waals surface area contributed by atoms with Gasteiger partial charge in [0, 0.05) is 4.47 Å². The highest BCUT2D eigenvalue weighted by atomic mass is 79.9. The largest absolute Gasteiger partial charge is 0.446 e. The summed E-state index contributed by atoms with van der Waals surface area (Å²) in [7, 11) is -4.00. The lowest BCUT2D eigenvalue weighted by Gasteiger charge is -2.12. The fourth-order valence-corrected chi connectivity index (χ4v) is 2.32. The van der Waals surface area contributed by atoms with Crippen molar-refractivity contribution in [2.45, 2.75) is 26.9 Å². The Morgan fingerprint density at radius 2 is 2.00 bits per heavy atom. The average molecular weight is 351 g/mol. The number of carbonyl (C=O) groups is 1. The van der Waals surface area contributed by atoms with Crippen molar-refractivity contribution in [3.05, 3.63) is 28.2 Å². The number of ether oxygens (including phenoxy) is 1. The van der Waals surface area contributed by atoms with E-state index >= 15 is 0 Å². The minimum Gasteiger partial charge on any atom is -0.446 e. The summed E-state index contributed by atoms with van der Waals surface area (Å²) in [5.41, 5.74) is 1.30. The summed E-state index contributed by atoms with van der Waals surface area (Å²) in [5.74, 6) is 0. The van der Waals surface area contributed by atoms with Crippen LogP contribution in [0.25, 0.3) is 0 Å². The van der Waals surface area contributed by atoms with Crippen LogP contribution in [0.15, 0.2) is 22.7 Å². The van der Waals surface area contributed by atoms with Crippen molar-refractivity contribution in [2.75, 3.05) is 4.72 Å². The van der Waals surface area contributed by atoms with Crippen molar-refractivity contribution >= 4 is 37.9 Å². The second-order valence-electron chi connectivity index (χ2n) is 4.13. The summed E-state index contributed by atoms with van der Waals surface area (Å²) in [6, 6.07) is 4.93. The first-order chi connectivity index (χ1) is 8.69. The van der Waals surface area contributed by atoms with Gasteiger partial charge in [-0.2, -0.15) is 8.42 Å². The quantitative estimate of drug-likeness (QED) is 0.873. The molecule has 6 nitrogen and oxygen atoms in total. The number of hydrogen-bond acceptors (Lipinski definition) is 4. The van der Waals surface area contributed by atoms with Gasteiger partial charge in [0.25, 0.3) is 0 Å². The maximum absolute atomic E-state index is 11.6. The van der Waals surface area contributed by atoms with E-state index in [1.807, 2.05) is 6.92 Å². The lowest BCUT2D eigenvalue weighted by molar-refractivity contribution is 0.121. The standard InChI is InChI=1S/C11H15BrN2O4S/c1-7(2)18-11(15)14-19(16,17)13-9-5-4-8(3)10(12)6-9/h4-7,13H,1-3H3,(H,14,15). The van der Waals surface area contributed by atoms with Crippen LogP contribution in [0.1, 0.15) is 19.4 Å². The van der Waals surface area contributed by atoms with E-state index in [1.54, 1.807) is 36.8 Å². The predicted molar refractivity (Wildman–Crippen MR) is 76.2 cm³/mol. The van der Waals surface area contributed by atoms with E-state index in [-0.39, 0.29) is 0 Å².